The van der Waals surface area contributed by atoms with E-state index in [2.05, 4.69) is 21.2 Å². The van der Waals surface area contributed by atoms with Crippen LogP contribution in [0, 0.1) is 0 Å². The minimum atomic E-state index is -3.98. The Kier molecular flexibility index (Phi) is 8.14. The van der Waals surface area contributed by atoms with Crippen molar-refractivity contribution in [2.24, 2.45) is 0 Å². The first-order valence-electron chi connectivity index (χ1n) is 10.7. The molecule has 4 rings (SSSR count). The third kappa shape index (κ3) is 6.23. The second-order valence-electron chi connectivity index (χ2n) is 7.89. The molecule has 0 radical (unpaired) electrons. The van der Waals surface area contributed by atoms with Gasteiger partial charge in [0.25, 0.3) is 0 Å². The van der Waals surface area contributed by atoms with Crippen molar-refractivity contribution in [2.45, 2.75) is 18.0 Å². The fourth-order valence-corrected chi connectivity index (χ4v) is 5.65. The lowest BCUT2D eigenvalue weighted by Gasteiger charge is -2.22. The van der Waals surface area contributed by atoms with Crippen LogP contribution in [0.3, 0.4) is 0 Å². The Hall–Kier alpha value is -2.42. The molecule has 0 unspecified atom stereocenters. The quantitative estimate of drug-likeness (QED) is 0.257. The van der Waals surface area contributed by atoms with E-state index in [0.717, 1.165) is 25.1 Å². The predicted molar refractivity (Wildman–Crippen MR) is 144 cm³/mol. The number of amides is 1. The summed E-state index contributed by atoms with van der Waals surface area (Å²) in [4.78, 5) is 13.0. The molecule has 1 amide bonds. The van der Waals surface area contributed by atoms with Crippen molar-refractivity contribution < 1.29 is 13.2 Å². The minimum Gasteiger partial charge on any atom is -0.351 e. The number of benzene rings is 4. The van der Waals surface area contributed by atoms with Crippen molar-refractivity contribution in [2.75, 3.05) is 6.54 Å². The third-order valence-corrected chi connectivity index (χ3v) is 8.54. The Morgan fingerprint density at radius 1 is 0.886 bits per heavy atom. The molecule has 0 aliphatic heterocycles. The summed E-state index contributed by atoms with van der Waals surface area (Å²) in [6.07, 6.45) is 0. The number of halogens is 3. The summed E-state index contributed by atoms with van der Waals surface area (Å²) in [7, 11) is -3.98. The highest BCUT2D eigenvalue weighted by Crippen LogP contribution is 2.26. The third-order valence-electron chi connectivity index (χ3n) is 5.47. The molecule has 0 spiro atoms. The molecule has 9 heteroatoms. The molecule has 0 aromatic heterocycles. The number of nitrogens with zero attached hydrogens (tertiary/aromatic N) is 1. The van der Waals surface area contributed by atoms with E-state index in [1.807, 2.05) is 42.5 Å². The summed E-state index contributed by atoms with van der Waals surface area (Å²) < 4.78 is 28.8. The Morgan fingerprint density at radius 2 is 1.60 bits per heavy atom. The topological polar surface area (TPSA) is 66.5 Å². The van der Waals surface area contributed by atoms with E-state index in [-0.39, 0.29) is 24.5 Å². The van der Waals surface area contributed by atoms with E-state index in [0.29, 0.717) is 15.6 Å². The summed E-state index contributed by atoms with van der Waals surface area (Å²) in [6.45, 7) is -0.125. The number of carbonyl (C=O) groups excluding carboxylic acids is 1. The van der Waals surface area contributed by atoms with Crippen LogP contribution in [0.1, 0.15) is 11.1 Å². The highest BCUT2D eigenvalue weighted by Gasteiger charge is 2.27. The van der Waals surface area contributed by atoms with Crippen LogP contribution in [0.5, 0.6) is 0 Å². The molecule has 35 heavy (non-hydrogen) atoms. The average Bonchev–Trinajstić information content (AvgIpc) is 2.85. The number of fused-ring (bicyclic) bond motifs is 1. The van der Waals surface area contributed by atoms with E-state index in [4.69, 9.17) is 23.2 Å². The maximum absolute atomic E-state index is 13.5. The molecule has 0 bridgehead atoms. The molecule has 0 saturated heterocycles. The molecule has 0 atom stereocenters. The first-order valence-corrected chi connectivity index (χ1v) is 13.7. The van der Waals surface area contributed by atoms with Gasteiger partial charge in [-0.15, -0.1) is 0 Å². The smallest absolute Gasteiger partial charge is 0.243 e. The highest BCUT2D eigenvalue weighted by atomic mass is 79.9. The summed E-state index contributed by atoms with van der Waals surface area (Å²) in [5.74, 6) is -0.418. The van der Waals surface area contributed by atoms with E-state index in [9.17, 15) is 13.2 Å². The van der Waals surface area contributed by atoms with Crippen molar-refractivity contribution >= 4 is 65.8 Å². The van der Waals surface area contributed by atoms with Crippen molar-refractivity contribution in [1.29, 1.82) is 0 Å². The van der Waals surface area contributed by atoms with E-state index < -0.39 is 15.9 Å². The SMILES string of the molecule is O=C(CN(Cc1ccc(Cl)c(Cl)c1)S(=O)(=O)c1ccc(Br)cc1)NCc1cccc2ccccc12. The molecule has 1 N–H and O–H groups in total. The molecular formula is C26H21BrCl2N2O3S. The van der Waals surface area contributed by atoms with Crippen molar-refractivity contribution in [3.05, 3.63) is 111 Å². The number of rotatable bonds is 8. The van der Waals surface area contributed by atoms with Gasteiger partial charge in [0, 0.05) is 17.6 Å². The molecular weight excluding hydrogens is 571 g/mol. The summed E-state index contributed by atoms with van der Waals surface area (Å²) >= 11 is 15.5. The van der Waals surface area contributed by atoms with Gasteiger partial charge in [-0.3, -0.25) is 4.79 Å². The molecule has 0 fully saturated rings. The number of sulfonamides is 1. The molecule has 0 saturated carbocycles. The zero-order valence-electron chi connectivity index (χ0n) is 18.4. The van der Waals surface area contributed by atoms with Crippen molar-refractivity contribution in [3.63, 3.8) is 0 Å². The maximum Gasteiger partial charge on any atom is 0.243 e. The molecule has 0 heterocycles. The van der Waals surface area contributed by atoms with Crippen molar-refractivity contribution in [1.82, 2.24) is 9.62 Å². The minimum absolute atomic E-state index is 0.0447. The van der Waals surface area contributed by atoms with E-state index in [1.165, 1.54) is 12.1 Å². The fourth-order valence-electron chi connectivity index (χ4n) is 3.68. The maximum atomic E-state index is 13.5. The predicted octanol–water partition coefficient (Wildman–Crippen LogP) is 6.42. The monoisotopic (exact) mass is 590 g/mol. The van der Waals surface area contributed by atoms with Gasteiger partial charge in [-0.25, -0.2) is 8.42 Å². The second kappa shape index (κ2) is 11.1. The van der Waals surface area contributed by atoms with Crippen LogP contribution in [0.2, 0.25) is 10.0 Å². The van der Waals surface area contributed by atoms with Crippen molar-refractivity contribution in [3.8, 4) is 0 Å². The van der Waals surface area contributed by atoms with Gasteiger partial charge in [-0.1, -0.05) is 87.7 Å². The standard InChI is InChI=1S/C26H21BrCl2N2O3S/c27-21-9-11-22(12-10-21)35(33,34)31(16-18-8-13-24(28)25(29)14-18)17-26(32)30-15-20-6-3-5-19-4-1-2-7-23(19)20/h1-14H,15-17H2,(H,30,32). The van der Waals surface area contributed by atoms with Gasteiger partial charge in [0.1, 0.15) is 0 Å². The van der Waals surface area contributed by atoms with Gasteiger partial charge >= 0.3 is 0 Å². The second-order valence-corrected chi connectivity index (χ2v) is 11.6. The lowest BCUT2D eigenvalue weighted by Crippen LogP contribution is -2.40. The lowest BCUT2D eigenvalue weighted by molar-refractivity contribution is -0.121. The van der Waals surface area contributed by atoms with Crippen LogP contribution in [-0.2, 0) is 27.9 Å². The van der Waals surface area contributed by atoms with Gasteiger partial charge in [0.05, 0.1) is 21.5 Å². The summed E-state index contributed by atoms with van der Waals surface area (Å²) in [5, 5.41) is 5.64. The Bertz CT molecular complexity index is 1470. The molecule has 0 aliphatic carbocycles. The molecule has 180 valence electrons. The van der Waals surface area contributed by atoms with Crippen LogP contribution < -0.4 is 5.32 Å². The van der Waals surface area contributed by atoms with E-state index >= 15 is 0 Å². The Balaban J connectivity index is 1.57. The molecule has 4 aromatic rings. The van der Waals surface area contributed by atoms with Gasteiger partial charge in [0.15, 0.2) is 0 Å². The van der Waals surface area contributed by atoms with Crippen LogP contribution in [0.15, 0.2) is 94.3 Å². The average molecular weight is 592 g/mol. The van der Waals surface area contributed by atoms with Gasteiger partial charge < -0.3 is 5.32 Å². The Labute approximate surface area is 222 Å². The van der Waals surface area contributed by atoms with Crippen LogP contribution in [0.4, 0.5) is 0 Å². The normalized spacial score (nSPS) is 11.7. The van der Waals surface area contributed by atoms with Crippen LogP contribution in [0.25, 0.3) is 10.8 Å². The first kappa shape index (κ1) is 25.7. The number of carbonyl (C=O) groups is 1. The zero-order valence-corrected chi connectivity index (χ0v) is 22.3. The largest absolute Gasteiger partial charge is 0.351 e. The molecule has 4 aromatic carbocycles. The summed E-state index contributed by atoms with van der Waals surface area (Å²) in [5.41, 5.74) is 1.56. The first-order chi connectivity index (χ1) is 16.7. The van der Waals surface area contributed by atoms with Crippen LogP contribution >= 0.6 is 39.1 Å². The summed E-state index contributed by atoms with van der Waals surface area (Å²) in [6, 6.07) is 24.9. The van der Waals surface area contributed by atoms with Gasteiger partial charge in [-0.2, -0.15) is 4.31 Å². The highest BCUT2D eigenvalue weighted by molar-refractivity contribution is 9.10. The van der Waals surface area contributed by atoms with Gasteiger partial charge in [-0.05, 0) is 58.3 Å². The zero-order chi connectivity index (χ0) is 25.0. The molecule has 5 nitrogen and oxygen atoms in total. The van der Waals surface area contributed by atoms with E-state index in [1.54, 1.807) is 30.3 Å². The fraction of sp³-hybridized carbons (Fsp3) is 0.115. The van der Waals surface area contributed by atoms with Crippen LogP contribution in [-0.4, -0.2) is 25.2 Å². The Morgan fingerprint density at radius 3 is 2.34 bits per heavy atom. The number of hydrogen-bond donors (Lipinski definition) is 1. The molecule has 0 aliphatic rings. The van der Waals surface area contributed by atoms with Gasteiger partial charge in [0.2, 0.25) is 15.9 Å². The lowest BCUT2D eigenvalue weighted by atomic mass is 10.0. The number of nitrogens with one attached hydrogen (secondary N) is 1. The number of hydrogen-bond acceptors (Lipinski definition) is 3.